The summed E-state index contributed by atoms with van der Waals surface area (Å²) < 4.78 is 10.8. The van der Waals surface area contributed by atoms with E-state index in [2.05, 4.69) is 6.07 Å². The van der Waals surface area contributed by atoms with Gasteiger partial charge in [-0.1, -0.05) is 18.2 Å². The van der Waals surface area contributed by atoms with Crippen molar-refractivity contribution in [1.82, 2.24) is 0 Å². The first-order valence-electron chi connectivity index (χ1n) is 8.17. The lowest BCUT2D eigenvalue weighted by atomic mass is 10.0. The van der Waals surface area contributed by atoms with Gasteiger partial charge in [0.15, 0.2) is 0 Å². The molecule has 2 N–H and O–H groups in total. The predicted octanol–water partition coefficient (Wildman–Crippen LogP) is 3.78. The molecule has 24 heavy (non-hydrogen) atoms. The smallest absolute Gasteiger partial charge is 0.323 e. The predicted molar refractivity (Wildman–Crippen MR) is 103 cm³/mol. The van der Waals surface area contributed by atoms with Gasteiger partial charge in [0.1, 0.15) is 17.4 Å². The minimum Gasteiger partial charge on any atom is -0.496 e. The normalized spacial score (nSPS) is 18.2. The van der Waals surface area contributed by atoms with Crippen LogP contribution in [0.5, 0.6) is 5.75 Å². The second-order valence-corrected chi connectivity index (χ2v) is 9.87. The van der Waals surface area contributed by atoms with Gasteiger partial charge in [0.05, 0.1) is 11.2 Å². The van der Waals surface area contributed by atoms with Crippen molar-refractivity contribution in [2.24, 2.45) is 5.73 Å². The lowest BCUT2D eigenvalue weighted by Crippen LogP contribution is -2.38. The fraction of sp³-hybridized carbons (Fsp3) is 0.611. The molecule has 0 saturated carbocycles. The maximum absolute atomic E-state index is 12.1. The van der Waals surface area contributed by atoms with Crippen LogP contribution in [0.25, 0.3) is 0 Å². The molecule has 1 heterocycles. The van der Waals surface area contributed by atoms with Crippen molar-refractivity contribution < 1.29 is 14.3 Å². The highest BCUT2D eigenvalue weighted by Gasteiger charge is 2.40. The molecular weight excluding hydrogens is 342 g/mol. The van der Waals surface area contributed by atoms with Crippen LogP contribution in [-0.2, 0) is 13.6 Å². The number of ether oxygens (including phenoxy) is 2. The number of benzene rings is 1. The quantitative estimate of drug-likeness (QED) is 0.770. The number of thioether (sulfide) groups is 2. The van der Waals surface area contributed by atoms with Gasteiger partial charge in [0, 0.05) is 17.1 Å². The molecule has 1 aliphatic heterocycles. The van der Waals surface area contributed by atoms with Crippen LogP contribution in [0.2, 0.25) is 0 Å². The molecule has 0 spiro atoms. The van der Waals surface area contributed by atoms with Gasteiger partial charge in [-0.05, 0) is 39.7 Å². The van der Waals surface area contributed by atoms with E-state index in [0.717, 1.165) is 23.7 Å². The van der Waals surface area contributed by atoms with Gasteiger partial charge < -0.3 is 15.2 Å². The SMILES string of the molecule is COc1ccccc1C1(CC[C@H](N)C(=O)OC(C)(C)C)SCCS1. The van der Waals surface area contributed by atoms with Crippen molar-refractivity contribution in [2.45, 2.75) is 49.3 Å². The molecule has 0 unspecified atom stereocenters. The second kappa shape index (κ2) is 8.02. The number of hydrogen-bond donors (Lipinski definition) is 1. The number of methoxy groups -OCH3 is 1. The lowest BCUT2D eigenvalue weighted by molar-refractivity contribution is -0.156. The van der Waals surface area contributed by atoms with E-state index in [1.807, 2.05) is 62.5 Å². The first-order valence-corrected chi connectivity index (χ1v) is 10.1. The van der Waals surface area contributed by atoms with E-state index in [1.54, 1.807) is 7.11 Å². The highest BCUT2D eigenvalue weighted by atomic mass is 32.2. The van der Waals surface area contributed by atoms with Crippen LogP contribution in [0.4, 0.5) is 0 Å². The maximum Gasteiger partial charge on any atom is 0.323 e. The average Bonchev–Trinajstić information content (AvgIpc) is 3.01. The molecule has 1 fully saturated rings. The third kappa shape index (κ3) is 4.83. The zero-order valence-electron chi connectivity index (χ0n) is 14.8. The van der Waals surface area contributed by atoms with Gasteiger partial charge in [0.25, 0.3) is 0 Å². The molecule has 1 aromatic rings. The summed E-state index contributed by atoms with van der Waals surface area (Å²) in [6.45, 7) is 5.57. The van der Waals surface area contributed by atoms with Gasteiger partial charge in [0.2, 0.25) is 0 Å². The van der Waals surface area contributed by atoms with Gasteiger partial charge >= 0.3 is 5.97 Å². The Kier molecular flexibility index (Phi) is 6.51. The second-order valence-electron chi connectivity index (χ2n) is 6.83. The number of para-hydroxylation sites is 1. The fourth-order valence-corrected chi connectivity index (χ4v) is 6.02. The first-order chi connectivity index (χ1) is 11.3. The summed E-state index contributed by atoms with van der Waals surface area (Å²) in [5.41, 5.74) is 6.75. The van der Waals surface area contributed by atoms with Gasteiger partial charge in [-0.2, -0.15) is 0 Å². The summed E-state index contributed by atoms with van der Waals surface area (Å²) in [5.74, 6) is 2.74. The van der Waals surface area contributed by atoms with E-state index in [-0.39, 0.29) is 10.0 Å². The fourth-order valence-electron chi connectivity index (χ4n) is 2.69. The van der Waals surface area contributed by atoms with Crippen molar-refractivity contribution in [3.05, 3.63) is 29.8 Å². The molecule has 0 bridgehead atoms. The Morgan fingerprint density at radius 2 is 1.92 bits per heavy atom. The van der Waals surface area contributed by atoms with Gasteiger partial charge in [-0.3, -0.25) is 4.79 Å². The van der Waals surface area contributed by atoms with E-state index < -0.39 is 11.6 Å². The summed E-state index contributed by atoms with van der Waals surface area (Å²) in [4.78, 5) is 12.1. The van der Waals surface area contributed by atoms with Crippen LogP contribution in [0.1, 0.15) is 39.2 Å². The number of carbonyl (C=O) groups is 1. The summed E-state index contributed by atoms with van der Waals surface area (Å²) in [7, 11) is 1.70. The zero-order chi connectivity index (χ0) is 17.8. The molecule has 4 nitrogen and oxygen atoms in total. The molecule has 1 atom stereocenters. The summed E-state index contributed by atoms with van der Waals surface area (Å²) in [6, 6.07) is 7.52. The Bertz CT molecular complexity index is 566. The standard InChI is InChI=1S/C18H27NO3S2/c1-17(2,3)22-16(20)14(19)9-10-18(23-11-12-24-18)13-7-5-6-8-15(13)21-4/h5-8,14H,9-12,19H2,1-4H3/t14-/m0/s1. The molecule has 1 aromatic carbocycles. The number of carbonyl (C=O) groups excluding carboxylic acids is 1. The van der Waals surface area contributed by atoms with Crippen LogP contribution >= 0.6 is 23.5 Å². The summed E-state index contributed by atoms with van der Waals surface area (Å²) >= 11 is 3.83. The Balaban J connectivity index is 2.10. The number of nitrogens with two attached hydrogens (primary N) is 1. The van der Waals surface area contributed by atoms with E-state index in [0.29, 0.717) is 6.42 Å². The van der Waals surface area contributed by atoms with Crippen molar-refractivity contribution in [1.29, 1.82) is 0 Å². The van der Waals surface area contributed by atoms with E-state index >= 15 is 0 Å². The van der Waals surface area contributed by atoms with Crippen LogP contribution in [-0.4, -0.2) is 36.2 Å². The molecule has 0 radical (unpaired) electrons. The Hall–Kier alpha value is -0.850. The number of hydrogen-bond acceptors (Lipinski definition) is 6. The molecule has 134 valence electrons. The van der Waals surface area contributed by atoms with Crippen LogP contribution in [0.15, 0.2) is 24.3 Å². The number of esters is 1. The average molecular weight is 370 g/mol. The van der Waals surface area contributed by atoms with Crippen LogP contribution in [0, 0.1) is 0 Å². The van der Waals surface area contributed by atoms with Gasteiger partial charge in [-0.25, -0.2) is 0 Å². The Morgan fingerprint density at radius 3 is 2.50 bits per heavy atom. The van der Waals surface area contributed by atoms with Crippen molar-refractivity contribution in [2.75, 3.05) is 18.6 Å². The third-order valence-corrected chi connectivity index (χ3v) is 7.33. The third-order valence-electron chi connectivity index (χ3n) is 3.77. The summed E-state index contributed by atoms with van der Waals surface area (Å²) in [6.07, 6.45) is 1.40. The molecular formula is C18H27NO3S2. The summed E-state index contributed by atoms with van der Waals surface area (Å²) in [5, 5.41) is 0. The van der Waals surface area contributed by atoms with Crippen molar-refractivity contribution >= 4 is 29.5 Å². The topological polar surface area (TPSA) is 61.5 Å². The largest absolute Gasteiger partial charge is 0.496 e. The minimum atomic E-state index is -0.599. The minimum absolute atomic E-state index is 0.105. The molecule has 6 heteroatoms. The Labute approximate surface area is 153 Å². The maximum atomic E-state index is 12.1. The molecule has 0 aromatic heterocycles. The lowest BCUT2D eigenvalue weighted by Gasteiger charge is -2.30. The molecule has 1 aliphatic rings. The van der Waals surface area contributed by atoms with E-state index in [1.165, 1.54) is 5.56 Å². The monoisotopic (exact) mass is 369 g/mol. The van der Waals surface area contributed by atoms with Gasteiger partial charge in [-0.15, -0.1) is 23.5 Å². The number of rotatable bonds is 6. The Morgan fingerprint density at radius 1 is 1.29 bits per heavy atom. The highest BCUT2D eigenvalue weighted by Crippen LogP contribution is 2.57. The highest BCUT2D eigenvalue weighted by molar-refractivity contribution is 8.20. The van der Waals surface area contributed by atoms with Crippen LogP contribution in [0.3, 0.4) is 0 Å². The van der Waals surface area contributed by atoms with Crippen molar-refractivity contribution in [3.8, 4) is 5.75 Å². The van der Waals surface area contributed by atoms with Crippen LogP contribution < -0.4 is 10.5 Å². The molecule has 0 amide bonds. The molecule has 1 saturated heterocycles. The molecule has 0 aliphatic carbocycles. The van der Waals surface area contributed by atoms with E-state index in [4.69, 9.17) is 15.2 Å². The molecule has 2 rings (SSSR count). The van der Waals surface area contributed by atoms with Crippen molar-refractivity contribution in [3.63, 3.8) is 0 Å². The zero-order valence-corrected chi connectivity index (χ0v) is 16.5. The first kappa shape index (κ1) is 19.5. The van der Waals surface area contributed by atoms with E-state index in [9.17, 15) is 4.79 Å².